The Labute approximate surface area is 177 Å². The monoisotopic (exact) mass is 422 g/mol. The summed E-state index contributed by atoms with van der Waals surface area (Å²) < 4.78 is 8.25. The van der Waals surface area contributed by atoms with E-state index in [1.165, 1.54) is 9.13 Å². The lowest BCUT2D eigenvalue weighted by Gasteiger charge is -2.12. The largest absolute Gasteiger partial charge is 0.337 e. The van der Waals surface area contributed by atoms with Crippen molar-refractivity contribution in [1.82, 2.24) is 19.3 Å². The van der Waals surface area contributed by atoms with Crippen LogP contribution in [-0.2, 0) is 13.1 Å². The van der Waals surface area contributed by atoms with Crippen LogP contribution in [0.15, 0.2) is 67.5 Å². The Morgan fingerprint density at radius 3 is 2.53 bits per heavy atom. The molecule has 0 aliphatic rings. The lowest BCUT2D eigenvalue weighted by atomic mass is 10.2. The van der Waals surface area contributed by atoms with Crippen LogP contribution in [0.3, 0.4) is 0 Å². The van der Waals surface area contributed by atoms with Gasteiger partial charge in [0.1, 0.15) is 6.54 Å². The van der Waals surface area contributed by atoms with Gasteiger partial charge in [0.05, 0.1) is 10.9 Å². The summed E-state index contributed by atoms with van der Waals surface area (Å²) in [5, 5.41) is 4.56. The van der Waals surface area contributed by atoms with Crippen LogP contribution in [0.25, 0.3) is 22.3 Å². The third-order valence-electron chi connectivity index (χ3n) is 4.98. The maximum atomic E-state index is 13.1. The van der Waals surface area contributed by atoms with Crippen molar-refractivity contribution in [3.05, 3.63) is 75.3 Å². The number of hydrogen-bond donors (Lipinski definition) is 0. The van der Waals surface area contributed by atoms with E-state index < -0.39 is 0 Å². The molecule has 2 aromatic heterocycles. The fourth-order valence-electron chi connectivity index (χ4n) is 3.35. The highest BCUT2D eigenvalue weighted by molar-refractivity contribution is 7.98. The first-order valence-electron chi connectivity index (χ1n) is 9.81. The predicted octanol–water partition coefficient (Wildman–Crippen LogP) is 3.78. The van der Waals surface area contributed by atoms with Crippen LogP contribution < -0.4 is 11.2 Å². The van der Waals surface area contributed by atoms with E-state index >= 15 is 0 Å². The third kappa shape index (κ3) is 3.82. The molecule has 0 saturated heterocycles. The average molecular weight is 423 g/mol. The fraction of sp³-hybridized carbons (Fsp3) is 0.273. The molecule has 4 rings (SSSR count). The van der Waals surface area contributed by atoms with Crippen LogP contribution >= 0.6 is 11.8 Å². The second-order valence-corrected chi connectivity index (χ2v) is 7.82. The normalized spacial score (nSPS) is 11.3. The zero-order chi connectivity index (χ0) is 21.1. The Hall–Kier alpha value is -3.13. The fourth-order valence-corrected chi connectivity index (χ4v) is 3.76. The van der Waals surface area contributed by atoms with E-state index in [0.29, 0.717) is 29.2 Å². The number of thioether (sulfide) groups is 1. The summed E-state index contributed by atoms with van der Waals surface area (Å²) in [5.41, 5.74) is 0.772. The molecule has 0 radical (unpaired) electrons. The molecule has 8 heteroatoms. The van der Waals surface area contributed by atoms with E-state index in [-0.39, 0.29) is 17.8 Å². The summed E-state index contributed by atoms with van der Waals surface area (Å²) in [6.07, 6.45) is 3.66. The SMILES string of the molecule is CCCCn1c(=O)c2ccccc2n(Cc2nc(-c3ccc(SC)cc3)no2)c1=O. The van der Waals surface area contributed by atoms with Crippen molar-refractivity contribution < 1.29 is 4.52 Å². The summed E-state index contributed by atoms with van der Waals surface area (Å²) in [4.78, 5) is 31.5. The quantitative estimate of drug-likeness (QED) is 0.422. The summed E-state index contributed by atoms with van der Waals surface area (Å²) in [7, 11) is 0. The molecule has 0 N–H and O–H groups in total. The number of unbranched alkanes of at least 4 members (excludes halogenated alkanes) is 1. The number of nitrogens with zero attached hydrogens (tertiary/aromatic N) is 4. The zero-order valence-corrected chi connectivity index (χ0v) is 17.7. The Balaban J connectivity index is 1.74. The second kappa shape index (κ2) is 8.71. The van der Waals surface area contributed by atoms with E-state index in [1.807, 2.05) is 37.4 Å². The van der Waals surface area contributed by atoms with Crippen LogP contribution in [0.2, 0.25) is 0 Å². The first kappa shape index (κ1) is 20.2. The van der Waals surface area contributed by atoms with Gasteiger partial charge in [0.25, 0.3) is 5.56 Å². The van der Waals surface area contributed by atoms with Gasteiger partial charge in [0, 0.05) is 17.0 Å². The smallest absolute Gasteiger partial charge is 0.331 e. The van der Waals surface area contributed by atoms with Crippen molar-refractivity contribution in [3.8, 4) is 11.4 Å². The van der Waals surface area contributed by atoms with Crippen molar-refractivity contribution >= 4 is 22.7 Å². The number of hydrogen-bond acceptors (Lipinski definition) is 6. The molecule has 154 valence electrons. The molecule has 0 spiro atoms. The van der Waals surface area contributed by atoms with E-state index in [1.54, 1.807) is 36.0 Å². The van der Waals surface area contributed by atoms with Crippen molar-refractivity contribution in [2.45, 2.75) is 37.8 Å². The van der Waals surface area contributed by atoms with Gasteiger partial charge >= 0.3 is 5.69 Å². The molecule has 0 amide bonds. The van der Waals surface area contributed by atoms with Gasteiger partial charge in [-0.25, -0.2) is 4.79 Å². The molecule has 30 heavy (non-hydrogen) atoms. The Bertz CT molecular complexity index is 1290. The summed E-state index contributed by atoms with van der Waals surface area (Å²) >= 11 is 1.66. The molecule has 0 unspecified atom stereocenters. The summed E-state index contributed by atoms with van der Waals surface area (Å²) in [5.74, 6) is 0.779. The highest BCUT2D eigenvalue weighted by atomic mass is 32.2. The molecular weight excluding hydrogens is 400 g/mol. The molecule has 4 aromatic rings. The minimum atomic E-state index is -0.365. The molecule has 0 fully saturated rings. The van der Waals surface area contributed by atoms with Crippen molar-refractivity contribution in [3.63, 3.8) is 0 Å². The van der Waals surface area contributed by atoms with Crippen molar-refractivity contribution in [2.75, 3.05) is 6.26 Å². The van der Waals surface area contributed by atoms with Crippen LogP contribution in [0, 0.1) is 0 Å². The topological polar surface area (TPSA) is 82.9 Å². The molecule has 0 atom stereocenters. The van der Waals surface area contributed by atoms with Crippen LogP contribution in [0.1, 0.15) is 25.7 Å². The van der Waals surface area contributed by atoms with Gasteiger partial charge in [-0.1, -0.05) is 30.6 Å². The molecule has 0 saturated carbocycles. The molecule has 2 aromatic carbocycles. The minimum absolute atomic E-state index is 0.0989. The number of para-hydroxylation sites is 1. The maximum absolute atomic E-state index is 13.1. The van der Waals surface area contributed by atoms with Gasteiger partial charge in [-0.3, -0.25) is 13.9 Å². The second-order valence-electron chi connectivity index (χ2n) is 6.94. The maximum Gasteiger partial charge on any atom is 0.331 e. The first-order valence-corrected chi connectivity index (χ1v) is 11.0. The number of rotatable bonds is 7. The molecule has 0 aliphatic carbocycles. The minimum Gasteiger partial charge on any atom is -0.337 e. The van der Waals surface area contributed by atoms with Gasteiger partial charge < -0.3 is 4.52 Å². The lowest BCUT2D eigenvalue weighted by Crippen LogP contribution is -2.40. The standard InChI is InChI=1S/C22H22N4O3S/c1-3-4-13-25-21(27)17-7-5-6-8-18(17)26(22(25)28)14-19-23-20(24-29-19)15-9-11-16(30-2)12-10-15/h5-12H,3-4,13-14H2,1-2H3. The average Bonchev–Trinajstić information content (AvgIpc) is 3.25. The number of aromatic nitrogens is 4. The van der Waals surface area contributed by atoms with Crippen LogP contribution in [-0.4, -0.2) is 25.5 Å². The van der Waals surface area contributed by atoms with E-state index in [9.17, 15) is 9.59 Å². The van der Waals surface area contributed by atoms with Gasteiger partial charge in [-0.05, 0) is 49.1 Å². The molecule has 2 heterocycles. The highest BCUT2D eigenvalue weighted by Gasteiger charge is 2.16. The van der Waals surface area contributed by atoms with Crippen LogP contribution in [0.4, 0.5) is 0 Å². The molecular formula is C22H22N4O3S. The molecule has 0 bridgehead atoms. The van der Waals surface area contributed by atoms with E-state index in [2.05, 4.69) is 10.1 Å². The van der Waals surface area contributed by atoms with E-state index in [0.717, 1.165) is 23.3 Å². The number of fused-ring (bicyclic) bond motifs is 1. The Kier molecular flexibility index (Phi) is 5.85. The van der Waals surface area contributed by atoms with Crippen LogP contribution in [0.5, 0.6) is 0 Å². The highest BCUT2D eigenvalue weighted by Crippen LogP contribution is 2.21. The van der Waals surface area contributed by atoms with Gasteiger partial charge in [0.15, 0.2) is 0 Å². The predicted molar refractivity (Wildman–Crippen MR) is 118 cm³/mol. The van der Waals surface area contributed by atoms with Crippen molar-refractivity contribution in [2.24, 2.45) is 0 Å². The Morgan fingerprint density at radius 2 is 1.80 bits per heavy atom. The summed E-state index contributed by atoms with van der Waals surface area (Å²) in [6, 6.07) is 15.0. The Morgan fingerprint density at radius 1 is 1.03 bits per heavy atom. The summed E-state index contributed by atoms with van der Waals surface area (Å²) in [6.45, 7) is 2.51. The zero-order valence-electron chi connectivity index (χ0n) is 16.9. The number of benzene rings is 2. The van der Waals surface area contributed by atoms with E-state index in [4.69, 9.17) is 4.52 Å². The first-order chi connectivity index (χ1) is 14.6. The van der Waals surface area contributed by atoms with Crippen molar-refractivity contribution in [1.29, 1.82) is 0 Å². The molecule has 0 aliphatic heterocycles. The third-order valence-corrected chi connectivity index (χ3v) is 5.72. The van der Waals surface area contributed by atoms with Gasteiger partial charge in [-0.2, -0.15) is 4.98 Å². The van der Waals surface area contributed by atoms with Gasteiger partial charge in [-0.15, -0.1) is 11.8 Å². The lowest BCUT2D eigenvalue weighted by molar-refractivity contribution is 0.369. The molecule has 7 nitrogen and oxygen atoms in total. The van der Waals surface area contributed by atoms with Gasteiger partial charge in [0.2, 0.25) is 11.7 Å².